The first-order valence-electron chi connectivity index (χ1n) is 9.62. The maximum absolute atomic E-state index is 12.3. The number of nitrogen functional groups attached to an aromatic ring is 1. The van der Waals surface area contributed by atoms with E-state index in [2.05, 4.69) is 26.0 Å². The molecular weight excluding hydrogens is 430 g/mol. The summed E-state index contributed by atoms with van der Waals surface area (Å²) in [6, 6.07) is 11.2. The van der Waals surface area contributed by atoms with Crippen molar-refractivity contribution in [1.29, 1.82) is 0 Å². The van der Waals surface area contributed by atoms with Gasteiger partial charge in [-0.05, 0) is 49.2 Å². The third kappa shape index (κ3) is 5.70. The van der Waals surface area contributed by atoms with Gasteiger partial charge in [0.05, 0.1) is 26.2 Å². The predicted molar refractivity (Wildman–Crippen MR) is 126 cm³/mol. The normalized spacial score (nSPS) is 10.9. The van der Waals surface area contributed by atoms with E-state index < -0.39 is 0 Å². The van der Waals surface area contributed by atoms with Crippen molar-refractivity contribution in [3.8, 4) is 11.5 Å². The summed E-state index contributed by atoms with van der Waals surface area (Å²) >= 11 is 1.17. The molecule has 32 heavy (non-hydrogen) atoms. The zero-order valence-corrected chi connectivity index (χ0v) is 19.1. The molecule has 1 amide bonds. The number of aryl methyl sites for hydroxylation is 2. The molecule has 10 nitrogen and oxygen atoms in total. The van der Waals surface area contributed by atoms with Crippen molar-refractivity contribution < 1.29 is 14.3 Å². The number of hydrogen-bond donors (Lipinski definition) is 3. The van der Waals surface area contributed by atoms with E-state index in [1.807, 2.05) is 38.1 Å². The summed E-state index contributed by atoms with van der Waals surface area (Å²) in [5, 5.41) is 15.3. The fourth-order valence-electron chi connectivity index (χ4n) is 2.82. The lowest BCUT2D eigenvalue weighted by molar-refractivity contribution is -0.113. The number of rotatable bonds is 9. The predicted octanol–water partition coefficient (Wildman–Crippen LogP) is 2.80. The van der Waals surface area contributed by atoms with E-state index in [-0.39, 0.29) is 17.6 Å². The highest BCUT2D eigenvalue weighted by Crippen LogP contribution is 2.27. The Hall–Kier alpha value is -3.73. The number of anilines is 2. The second-order valence-electron chi connectivity index (χ2n) is 6.82. The van der Waals surface area contributed by atoms with Gasteiger partial charge in [0.15, 0.2) is 11.5 Å². The second-order valence-corrected chi connectivity index (χ2v) is 7.76. The Bertz CT molecular complexity index is 1130. The van der Waals surface area contributed by atoms with Gasteiger partial charge in [-0.2, -0.15) is 5.10 Å². The van der Waals surface area contributed by atoms with Gasteiger partial charge >= 0.3 is 0 Å². The van der Waals surface area contributed by atoms with Gasteiger partial charge in [-0.1, -0.05) is 29.5 Å². The molecule has 1 heterocycles. The van der Waals surface area contributed by atoms with E-state index >= 15 is 0 Å². The van der Waals surface area contributed by atoms with E-state index in [0.29, 0.717) is 16.7 Å². The van der Waals surface area contributed by atoms with Crippen LogP contribution in [-0.4, -0.2) is 47.0 Å². The van der Waals surface area contributed by atoms with Crippen LogP contribution in [0.1, 0.15) is 16.7 Å². The molecule has 0 aliphatic carbocycles. The summed E-state index contributed by atoms with van der Waals surface area (Å²) in [4.78, 5) is 12.3. The number of nitrogens with zero attached hydrogens (tertiary/aromatic N) is 4. The molecule has 0 radical (unpaired) electrons. The first-order valence-corrected chi connectivity index (χ1v) is 10.6. The molecule has 0 saturated heterocycles. The molecule has 0 saturated carbocycles. The Kier molecular flexibility index (Phi) is 7.55. The standard InChI is InChI=1S/C21H25N7O3S/c1-13-5-7-16(14(2)9-13)24-19(29)12-32-21-27-26-20(28(21)22)25-23-11-15-6-8-17(30-3)18(10-15)31-4/h5-11H,12,22H2,1-4H3,(H,24,29)(H,25,26)/b23-11+. The molecular formula is C21H25N7O3S. The maximum Gasteiger partial charge on any atom is 0.264 e. The van der Waals surface area contributed by atoms with Gasteiger partial charge in [0, 0.05) is 5.69 Å². The molecule has 0 aliphatic heterocycles. The van der Waals surface area contributed by atoms with Gasteiger partial charge < -0.3 is 20.6 Å². The SMILES string of the molecule is COc1ccc(/C=N/Nc2nnc(SCC(=O)Nc3ccc(C)cc3C)n2N)cc1OC. The van der Waals surface area contributed by atoms with Crippen molar-refractivity contribution in [2.24, 2.45) is 5.10 Å². The number of aromatic nitrogens is 3. The summed E-state index contributed by atoms with van der Waals surface area (Å²) < 4.78 is 11.7. The summed E-state index contributed by atoms with van der Waals surface area (Å²) in [7, 11) is 3.14. The minimum absolute atomic E-state index is 0.136. The lowest BCUT2D eigenvalue weighted by Gasteiger charge is -2.09. The zero-order chi connectivity index (χ0) is 23.1. The van der Waals surface area contributed by atoms with Gasteiger partial charge in [-0.25, -0.2) is 10.1 Å². The van der Waals surface area contributed by atoms with Gasteiger partial charge in [0.1, 0.15) is 0 Å². The number of hydrogen-bond acceptors (Lipinski definition) is 9. The quantitative estimate of drug-likeness (QED) is 0.194. The van der Waals surface area contributed by atoms with Gasteiger partial charge in [0.2, 0.25) is 11.1 Å². The fraction of sp³-hybridized carbons (Fsp3) is 0.238. The number of nitrogens with two attached hydrogens (primary N) is 1. The number of ether oxygens (including phenoxy) is 2. The maximum atomic E-state index is 12.3. The lowest BCUT2D eigenvalue weighted by atomic mass is 10.1. The van der Waals surface area contributed by atoms with Gasteiger partial charge in [-0.3, -0.25) is 4.79 Å². The number of carbonyl (C=O) groups excluding carboxylic acids is 1. The fourth-order valence-corrected chi connectivity index (χ4v) is 3.48. The Labute approximate surface area is 190 Å². The van der Waals surface area contributed by atoms with Crippen LogP contribution in [0.3, 0.4) is 0 Å². The molecule has 0 fully saturated rings. The van der Waals surface area contributed by atoms with Crippen LogP contribution < -0.4 is 26.1 Å². The monoisotopic (exact) mass is 455 g/mol. The second kappa shape index (κ2) is 10.5. The summed E-state index contributed by atoms with van der Waals surface area (Å²) in [6.07, 6.45) is 1.58. The van der Waals surface area contributed by atoms with Crippen LogP contribution in [0.4, 0.5) is 11.6 Å². The van der Waals surface area contributed by atoms with E-state index in [4.69, 9.17) is 15.3 Å². The van der Waals surface area contributed by atoms with E-state index in [1.165, 1.54) is 16.4 Å². The molecule has 4 N–H and O–H groups in total. The van der Waals surface area contributed by atoms with Crippen LogP contribution in [0.5, 0.6) is 11.5 Å². The van der Waals surface area contributed by atoms with E-state index in [1.54, 1.807) is 32.6 Å². The van der Waals surface area contributed by atoms with Crippen LogP contribution in [0.2, 0.25) is 0 Å². The minimum Gasteiger partial charge on any atom is -0.493 e. The van der Waals surface area contributed by atoms with Crippen molar-refractivity contribution in [2.75, 3.05) is 36.6 Å². The van der Waals surface area contributed by atoms with Crippen molar-refractivity contribution in [3.05, 3.63) is 53.1 Å². The molecule has 0 unspecified atom stereocenters. The lowest BCUT2D eigenvalue weighted by Crippen LogP contribution is -2.17. The van der Waals surface area contributed by atoms with Crippen LogP contribution in [0.15, 0.2) is 46.7 Å². The highest BCUT2D eigenvalue weighted by molar-refractivity contribution is 7.99. The number of nitrogens with one attached hydrogen (secondary N) is 2. The Morgan fingerprint density at radius 2 is 1.94 bits per heavy atom. The third-order valence-corrected chi connectivity index (χ3v) is 5.38. The van der Waals surface area contributed by atoms with Crippen LogP contribution in [-0.2, 0) is 4.79 Å². The molecule has 168 valence electrons. The van der Waals surface area contributed by atoms with Crippen molar-refractivity contribution in [2.45, 2.75) is 19.0 Å². The van der Waals surface area contributed by atoms with Crippen molar-refractivity contribution in [1.82, 2.24) is 14.9 Å². The average Bonchev–Trinajstić information content (AvgIpc) is 3.13. The summed E-state index contributed by atoms with van der Waals surface area (Å²) in [5.74, 6) is 7.44. The number of methoxy groups -OCH3 is 2. The van der Waals surface area contributed by atoms with Crippen LogP contribution in [0.25, 0.3) is 0 Å². The van der Waals surface area contributed by atoms with Gasteiger partial charge in [-0.15, -0.1) is 10.2 Å². The highest BCUT2D eigenvalue weighted by atomic mass is 32.2. The minimum atomic E-state index is -0.161. The molecule has 3 aromatic rings. The summed E-state index contributed by atoms with van der Waals surface area (Å²) in [5.41, 5.74) is 6.45. The molecule has 1 aromatic heterocycles. The molecule has 0 atom stereocenters. The summed E-state index contributed by atoms with van der Waals surface area (Å²) in [6.45, 7) is 3.96. The van der Waals surface area contributed by atoms with Crippen LogP contribution in [0, 0.1) is 13.8 Å². The zero-order valence-electron chi connectivity index (χ0n) is 18.2. The Morgan fingerprint density at radius 3 is 2.66 bits per heavy atom. The topological polar surface area (TPSA) is 129 Å². The molecule has 11 heteroatoms. The van der Waals surface area contributed by atoms with E-state index in [9.17, 15) is 4.79 Å². The van der Waals surface area contributed by atoms with Gasteiger partial charge in [0.25, 0.3) is 5.95 Å². The molecule has 0 bridgehead atoms. The Morgan fingerprint density at radius 1 is 1.16 bits per heavy atom. The number of thioether (sulfide) groups is 1. The molecule has 0 spiro atoms. The highest BCUT2D eigenvalue weighted by Gasteiger charge is 2.13. The number of amides is 1. The average molecular weight is 456 g/mol. The first kappa shape index (κ1) is 22.9. The number of hydrazone groups is 1. The van der Waals surface area contributed by atoms with E-state index in [0.717, 1.165) is 22.4 Å². The largest absolute Gasteiger partial charge is 0.493 e. The smallest absolute Gasteiger partial charge is 0.264 e. The molecule has 0 aliphatic rings. The van der Waals surface area contributed by atoms with Crippen LogP contribution >= 0.6 is 11.8 Å². The first-order chi connectivity index (χ1) is 15.4. The molecule has 2 aromatic carbocycles. The molecule has 3 rings (SSSR count). The number of benzene rings is 2. The van der Waals surface area contributed by atoms with Crippen molar-refractivity contribution >= 4 is 35.5 Å². The Balaban J connectivity index is 1.56. The van der Waals surface area contributed by atoms with Crippen molar-refractivity contribution in [3.63, 3.8) is 0 Å². The number of carbonyl (C=O) groups is 1. The third-order valence-electron chi connectivity index (χ3n) is 4.44.